The van der Waals surface area contributed by atoms with Crippen LogP contribution >= 0.6 is 23.5 Å². The number of nitrogens with zero attached hydrogens (tertiary/aromatic N) is 2. The third-order valence-corrected chi connectivity index (χ3v) is 8.02. The van der Waals surface area contributed by atoms with Crippen LogP contribution in [-0.2, 0) is 17.6 Å². The molecule has 0 bridgehead atoms. The first-order valence-corrected chi connectivity index (χ1v) is 13.7. The molecule has 1 N–H and O–H groups in total. The molecule has 0 fully saturated rings. The summed E-state index contributed by atoms with van der Waals surface area (Å²) in [6.07, 6.45) is 1.42. The molecule has 1 aromatic heterocycles. The number of carbonyl (C=O) groups is 1. The first-order chi connectivity index (χ1) is 17.3. The molecule has 1 aliphatic heterocycles. The van der Waals surface area contributed by atoms with Crippen LogP contribution in [0.2, 0.25) is 0 Å². The number of fused-ring (bicyclic) bond motifs is 1. The number of carbonyl (C=O) groups excluding carboxylic acids is 1. The van der Waals surface area contributed by atoms with E-state index in [0.717, 1.165) is 34.5 Å². The van der Waals surface area contributed by atoms with Gasteiger partial charge in [0.2, 0.25) is 5.91 Å². The minimum atomic E-state index is -0.107. The number of benzene rings is 2. The van der Waals surface area contributed by atoms with Crippen LogP contribution in [0.25, 0.3) is 5.69 Å². The van der Waals surface area contributed by atoms with Gasteiger partial charge < -0.3 is 14.8 Å². The van der Waals surface area contributed by atoms with Gasteiger partial charge in [-0.15, -0.1) is 11.8 Å². The number of rotatable bonds is 9. The normalized spacial score (nSPS) is 14.4. The molecule has 1 atom stereocenters. The van der Waals surface area contributed by atoms with E-state index in [1.807, 2.05) is 44.2 Å². The maximum Gasteiger partial charge on any atom is 0.272 e. The van der Waals surface area contributed by atoms with Crippen molar-refractivity contribution in [3.8, 4) is 17.2 Å². The highest BCUT2D eigenvalue weighted by Gasteiger charge is 2.27. The summed E-state index contributed by atoms with van der Waals surface area (Å²) in [6, 6.07) is 11.8. The average Bonchev–Trinajstić information content (AvgIpc) is 3.22. The van der Waals surface area contributed by atoms with Gasteiger partial charge in [0, 0.05) is 18.2 Å². The molecule has 0 spiro atoms. The standard InChI is InChI=1S/C27H31N3O4S2/c1-16-10-17(2)12-20(11-16)30-26(32)25-21(13-18(3)36-25)29-27(30)35-15-24(31)28-9-8-19-6-7-22(33-4)23(14-19)34-5/h6-7,10-12,14,18H,8-9,13,15H2,1-5H3,(H,28,31). The Morgan fingerprint density at radius 3 is 2.56 bits per heavy atom. The zero-order valence-electron chi connectivity index (χ0n) is 21.2. The number of aromatic nitrogens is 2. The van der Waals surface area contributed by atoms with Crippen LogP contribution in [0.3, 0.4) is 0 Å². The van der Waals surface area contributed by atoms with Crippen molar-refractivity contribution in [3.05, 3.63) is 69.1 Å². The van der Waals surface area contributed by atoms with Crippen LogP contribution in [0.4, 0.5) is 0 Å². The van der Waals surface area contributed by atoms with Gasteiger partial charge in [-0.1, -0.05) is 30.8 Å². The molecule has 1 amide bonds. The maximum atomic E-state index is 13.5. The molecule has 9 heteroatoms. The zero-order chi connectivity index (χ0) is 25.8. The van der Waals surface area contributed by atoms with Gasteiger partial charge in [-0.2, -0.15) is 0 Å². The number of aryl methyl sites for hydroxylation is 2. The van der Waals surface area contributed by atoms with E-state index in [2.05, 4.69) is 18.3 Å². The Hall–Kier alpha value is -2.91. The number of hydrogen-bond donors (Lipinski definition) is 1. The Labute approximate surface area is 220 Å². The summed E-state index contributed by atoms with van der Waals surface area (Å²) in [5.41, 5.74) is 4.73. The van der Waals surface area contributed by atoms with Crippen molar-refractivity contribution in [1.82, 2.24) is 14.9 Å². The molecule has 0 aliphatic carbocycles. The van der Waals surface area contributed by atoms with E-state index < -0.39 is 0 Å². The van der Waals surface area contributed by atoms with E-state index in [9.17, 15) is 9.59 Å². The lowest BCUT2D eigenvalue weighted by Crippen LogP contribution is -2.28. The van der Waals surface area contributed by atoms with Gasteiger partial charge in [0.05, 0.1) is 36.2 Å². The zero-order valence-corrected chi connectivity index (χ0v) is 22.8. The van der Waals surface area contributed by atoms with E-state index in [1.165, 1.54) is 11.8 Å². The monoisotopic (exact) mass is 525 g/mol. The summed E-state index contributed by atoms with van der Waals surface area (Å²) >= 11 is 2.88. The Balaban J connectivity index is 1.47. The second kappa shape index (κ2) is 11.4. The SMILES string of the molecule is COc1ccc(CCNC(=O)CSc2nc3c(c(=O)n2-c2cc(C)cc(C)c2)SC(C)C3)cc1OC. The van der Waals surface area contributed by atoms with Gasteiger partial charge in [0.1, 0.15) is 0 Å². The van der Waals surface area contributed by atoms with Crippen LogP contribution in [-0.4, -0.2) is 47.2 Å². The molecule has 1 aliphatic rings. The number of amides is 1. The van der Waals surface area contributed by atoms with Crippen molar-refractivity contribution in [3.63, 3.8) is 0 Å². The minimum Gasteiger partial charge on any atom is -0.493 e. The number of nitrogens with one attached hydrogen (secondary N) is 1. The van der Waals surface area contributed by atoms with E-state index in [4.69, 9.17) is 14.5 Å². The molecule has 4 rings (SSSR count). The van der Waals surface area contributed by atoms with Gasteiger partial charge in [0.15, 0.2) is 16.7 Å². The highest BCUT2D eigenvalue weighted by molar-refractivity contribution is 8.00. The van der Waals surface area contributed by atoms with Gasteiger partial charge in [0.25, 0.3) is 5.56 Å². The Kier molecular flexibility index (Phi) is 8.31. The van der Waals surface area contributed by atoms with Crippen LogP contribution in [0.5, 0.6) is 11.5 Å². The first kappa shape index (κ1) is 26.2. The van der Waals surface area contributed by atoms with Gasteiger partial charge in [-0.05, 0) is 61.2 Å². The van der Waals surface area contributed by atoms with Crippen molar-refractivity contribution in [2.45, 2.75) is 48.9 Å². The number of methoxy groups -OCH3 is 2. The predicted octanol–water partition coefficient (Wildman–Crippen LogP) is 4.35. The smallest absolute Gasteiger partial charge is 0.272 e. The second-order valence-corrected chi connectivity index (χ2v) is 11.3. The molecule has 7 nitrogen and oxygen atoms in total. The van der Waals surface area contributed by atoms with Gasteiger partial charge in [-0.3, -0.25) is 14.2 Å². The van der Waals surface area contributed by atoms with E-state index >= 15 is 0 Å². The van der Waals surface area contributed by atoms with E-state index in [0.29, 0.717) is 39.8 Å². The van der Waals surface area contributed by atoms with Crippen molar-refractivity contribution in [1.29, 1.82) is 0 Å². The molecule has 3 aromatic rings. The molecule has 0 saturated carbocycles. The summed E-state index contributed by atoms with van der Waals surface area (Å²) in [6.45, 7) is 6.62. The van der Waals surface area contributed by atoms with Crippen LogP contribution in [0, 0.1) is 13.8 Å². The van der Waals surface area contributed by atoms with Gasteiger partial charge >= 0.3 is 0 Å². The molecule has 36 heavy (non-hydrogen) atoms. The first-order valence-electron chi connectivity index (χ1n) is 11.8. The van der Waals surface area contributed by atoms with Crippen LogP contribution < -0.4 is 20.3 Å². The Bertz CT molecular complexity index is 1320. The summed E-state index contributed by atoms with van der Waals surface area (Å²) in [7, 11) is 3.20. The van der Waals surface area contributed by atoms with Crippen molar-refractivity contribution < 1.29 is 14.3 Å². The fraction of sp³-hybridized carbons (Fsp3) is 0.370. The number of thioether (sulfide) groups is 2. The molecule has 1 unspecified atom stereocenters. The fourth-order valence-corrected chi connectivity index (χ4v) is 6.22. The maximum absolute atomic E-state index is 13.5. The van der Waals surface area contributed by atoms with E-state index in [-0.39, 0.29) is 17.2 Å². The summed E-state index contributed by atoms with van der Waals surface area (Å²) in [5, 5.41) is 3.83. The van der Waals surface area contributed by atoms with Crippen molar-refractivity contribution >= 4 is 29.4 Å². The lowest BCUT2D eigenvalue weighted by atomic mass is 10.1. The average molecular weight is 526 g/mol. The lowest BCUT2D eigenvalue weighted by Gasteiger charge is -2.15. The topological polar surface area (TPSA) is 82.5 Å². The third kappa shape index (κ3) is 5.90. The molecular formula is C27H31N3O4S2. The van der Waals surface area contributed by atoms with Crippen LogP contribution in [0.1, 0.15) is 29.3 Å². The quantitative estimate of drug-likeness (QED) is 0.328. The molecule has 0 saturated heterocycles. The Morgan fingerprint density at radius 2 is 1.86 bits per heavy atom. The minimum absolute atomic E-state index is 0.0595. The molecule has 2 aromatic carbocycles. The largest absolute Gasteiger partial charge is 0.493 e. The van der Waals surface area contributed by atoms with E-state index in [1.54, 1.807) is 30.5 Å². The lowest BCUT2D eigenvalue weighted by molar-refractivity contribution is -0.118. The fourth-order valence-electron chi connectivity index (χ4n) is 4.27. The van der Waals surface area contributed by atoms with Crippen molar-refractivity contribution in [2.24, 2.45) is 0 Å². The number of ether oxygens (including phenoxy) is 2. The molecular weight excluding hydrogens is 494 g/mol. The predicted molar refractivity (Wildman–Crippen MR) is 145 cm³/mol. The molecule has 190 valence electrons. The third-order valence-electron chi connectivity index (χ3n) is 5.86. The van der Waals surface area contributed by atoms with Crippen molar-refractivity contribution in [2.75, 3.05) is 26.5 Å². The van der Waals surface area contributed by atoms with Crippen LogP contribution in [0.15, 0.2) is 51.2 Å². The van der Waals surface area contributed by atoms with Gasteiger partial charge in [-0.25, -0.2) is 4.98 Å². The molecule has 0 radical (unpaired) electrons. The molecule has 2 heterocycles. The summed E-state index contributed by atoms with van der Waals surface area (Å²) < 4.78 is 12.3. The second-order valence-electron chi connectivity index (χ2n) is 8.87. The number of hydrogen-bond acceptors (Lipinski definition) is 7. The Morgan fingerprint density at radius 1 is 1.14 bits per heavy atom. The summed E-state index contributed by atoms with van der Waals surface area (Å²) in [5.74, 6) is 1.40. The summed E-state index contributed by atoms with van der Waals surface area (Å²) in [4.78, 5) is 31.7. The highest BCUT2D eigenvalue weighted by atomic mass is 32.2. The highest BCUT2D eigenvalue weighted by Crippen LogP contribution is 2.35.